The lowest BCUT2D eigenvalue weighted by Gasteiger charge is -2.07. The second kappa shape index (κ2) is 6.21. The molecule has 0 radical (unpaired) electrons. The third kappa shape index (κ3) is 2.57. The number of nitrogens with zero attached hydrogens (tertiary/aromatic N) is 3. The van der Waals surface area contributed by atoms with Crippen LogP contribution in [0.25, 0.3) is 33.3 Å². The normalized spacial score (nSPS) is 11.4. The highest BCUT2D eigenvalue weighted by Crippen LogP contribution is 2.38. The Kier molecular flexibility index (Phi) is 3.99. The van der Waals surface area contributed by atoms with E-state index in [0.717, 1.165) is 56.2 Å². The zero-order valence-corrected chi connectivity index (χ0v) is 16.0. The van der Waals surface area contributed by atoms with Gasteiger partial charge in [-0.1, -0.05) is 22.3 Å². The van der Waals surface area contributed by atoms with Crippen molar-refractivity contribution in [2.24, 2.45) is 0 Å². The summed E-state index contributed by atoms with van der Waals surface area (Å²) in [6.45, 7) is 7.72. The lowest BCUT2D eigenvalue weighted by Crippen LogP contribution is -1.89. The molecule has 0 aliphatic carbocycles. The van der Waals surface area contributed by atoms with Crippen LogP contribution in [0.4, 0.5) is 5.95 Å². The smallest absolute Gasteiger partial charge is 0.211 e. The molecule has 0 saturated carbocycles. The minimum Gasteiger partial charge on any atom is -0.361 e. The maximum atomic E-state index is 5.39. The van der Waals surface area contributed by atoms with Crippen LogP contribution >= 0.6 is 11.9 Å². The fourth-order valence-corrected chi connectivity index (χ4v) is 3.65. The maximum absolute atomic E-state index is 5.39. The van der Waals surface area contributed by atoms with Gasteiger partial charge in [0, 0.05) is 22.9 Å². The highest BCUT2D eigenvalue weighted by Gasteiger charge is 2.21. The number of hydrogen-bond acceptors (Lipinski definition) is 7. The number of aromatic amines is 1. The van der Waals surface area contributed by atoms with Crippen molar-refractivity contribution in [2.45, 2.75) is 27.7 Å². The number of aryl methyl sites for hydroxylation is 4. The van der Waals surface area contributed by atoms with Crippen LogP contribution in [0.3, 0.4) is 0 Å². The third-order valence-corrected chi connectivity index (χ3v) is 4.81. The first-order valence-corrected chi connectivity index (χ1v) is 9.41. The summed E-state index contributed by atoms with van der Waals surface area (Å²) in [4.78, 5) is 8.05. The van der Waals surface area contributed by atoms with Gasteiger partial charge in [0.05, 0.1) is 22.4 Å². The molecular weight excluding hydrogens is 350 g/mol. The molecule has 0 saturated heterocycles. The Hall–Kier alpha value is -2.74. The van der Waals surface area contributed by atoms with Gasteiger partial charge >= 0.3 is 0 Å². The van der Waals surface area contributed by atoms with Crippen molar-refractivity contribution in [3.63, 3.8) is 0 Å². The second-order valence-corrected chi connectivity index (χ2v) is 6.82. The molecule has 0 bridgehead atoms. The molecule has 134 valence electrons. The number of hydrogen-bond donors (Lipinski definition) is 2. The molecule has 0 atom stereocenters. The standard InChI is InChI=1S/C18H19N5O2S/c1-8-15(10(3)24-21-8)12-6-13(16-9(2)22-25-11(16)4)17-14(7-12)19-18(20-17)23-26-5/h6-7H,1-5H3,(H2,19,20,23). The van der Waals surface area contributed by atoms with Crippen LogP contribution in [0.2, 0.25) is 0 Å². The molecule has 0 spiro atoms. The van der Waals surface area contributed by atoms with Gasteiger partial charge < -0.3 is 18.8 Å². The molecule has 0 amide bonds. The average Bonchev–Trinajstić information content (AvgIpc) is 3.25. The highest BCUT2D eigenvalue weighted by atomic mass is 32.2. The third-order valence-electron chi connectivity index (χ3n) is 4.41. The molecule has 3 heterocycles. The molecule has 7 nitrogen and oxygen atoms in total. The predicted octanol–water partition coefficient (Wildman–Crippen LogP) is 4.80. The monoisotopic (exact) mass is 369 g/mol. The lowest BCUT2D eigenvalue weighted by molar-refractivity contribution is 0.393. The van der Waals surface area contributed by atoms with E-state index in [9.17, 15) is 0 Å². The topological polar surface area (TPSA) is 92.8 Å². The van der Waals surface area contributed by atoms with Gasteiger partial charge in [-0.25, -0.2) is 4.98 Å². The number of H-pyrrole nitrogens is 1. The second-order valence-electron chi connectivity index (χ2n) is 6.21. The summed E-state index contributed by atoms with van der Waals surface area (Å²) in [5.41, 5.74) is 7.43. The van der Waals surface area contributed by atoms with Gasteiger partial charge in [-0.05, 0) is 45.4 Å². The lowest BCUT2D eigenvalue weighted by atomic mass is 9.96. The molecular formula is C18H19N5O2S. The van der Waals surface area contributed by atoms with Crippen LogP contribution < -0.4 is 4.72 Å². The van der Waals surface area contributed by atoms with E-state index in [0.29, 0.717) is 5.95 Å². The number of imidazole rings is 1. The van der Waals surface area contributed by atoms with Gasteiger partial charge in [0.25, 0.3) is 0 Å². The van der Waals surface area contributed by atoms with Crippen LogP contribution in [-0.2, 0) is 0 Å². The number of rotatable bonds is 4. The van der Waals surface area contributed by atoms with Gasteiger partial charge in [0.2, 0.25) is 5.95 Å². The summed E-state index contributed by atoms with van der Waals surface area (Å²) in [5, 5.41) is 8.19. The van der Waals surface area contributed by atoms with E-state index in [1.165, 1.54) is 11.9 Å². The maximum Gasteiger partial charge on any atom is 0.211 e. The van der Waals surface area contributed by atoms with Crippen LogP contribution in [0, 0.1) is 27.7 Å². The van der Waals surface area contributed by atoms with Crippen molar-refractivity contribution < 1.29 is 9.05 Å². The molecule has 0 aliphatic heterocycles. The fraction of sp³-hybridized carbons (Fsp3) is 0.278. The Morgan fingerprint density at radius 3 is 2.19 bits per heavy atom. The van der Waals surface area contributed by atoms with Crippen molar-refractivity contribution in [3.8, 4) is 22.3 Å². The van der Waals surface area contributed by atoms with E-state index in [2.05, 4.69) is 32.2 Å². The van der Waals surface area contributed by atoms with E-state index >= 15 is 0 Å². The Labute approximate surface area is 154 Å². The van der Waals surface area contributed by atoms with E-state index < -0.39 is 0 Å². The Morgan fingerprint density at radius 2 is 1.62 bits per heavy atom. The number of anilines is 1. The van der Waals surface area contributed by atoms with Crippen LogP contribution in [-0.4, -0.2) is 26.5 Å². The minimum atomic E-state index is 0.705. The summed E-state index contributed by atoms with van der Waals surface area (Å²) < 4.78 is 13.9. The minimum absolute atomic E-state index is 0.705. The molecule has 2 N–H and O–H groups in total. The zero-order valence-electron chi connectivity index (χ0n) is 15.2. The van der Waals surface area contributed by atoms with Gasteiger partial charge in [0.15, 0.2) is 0 Å². The Morgan fingerprint density at radius 1 is 0.962 bits per heavy atom. The van der Waals surface area contributed by atoms with Crippen LogP contribution in [0.1, 0.15) is 22.9 Å². The summed E-state index contributed by atoms with van der Waals surface area (Å²) in [7, 11) is 0. The molecule has 4 aromatic rings. The molecule has 0 aliphatic rings. The van der Waals surface area contributed by atoms with E-state index in [1.807, 2.05) is 34.0 Å². The quantitative estimate of drug-likeness (QED) is 0.499. The number of benzene rings is 1. The molecule has 8 heteroatoms. The van der Waals surface area contributed by atoms with E-state index in [4.69, 9.17) is 14.0 Å². The summed E-state index contributed by atoms with van der Waals surface area (Å²) in [6, 6.07) is 4.17. The summed E-state index contributed by atoms with van der Waals surface area (Å²) >= 11 is 1.49. The number of aromatic nitrogens is 4. The van der Waals surface area contributed by atoms with Crippen molar-refractivity contribution in [1.82, 2.24) is 20.3 Å². The first-order valence-electron chi connectivity index (χ1n) is 8.18. The zero-order chi connectivity index (χ0) is 18.4. The number of nitrogens with one attached hydrogen (secondary N) is 2. The van der Waals surface area contributed by atoms with Crippen molar-refractivity contribution in [1.29, 1.82) is 0 Å². The SMILES string of the molecule is CSNc1nc2c(-c3c(C)noc3C)cc(-c3c(C)noc3C)cc2[nH]1. The van der Waals surface area contributed by atoms with Gasteiger partial charge in [-0.2, -0.15) is 0 Å². The average molecular weight is 369 g/mol. The molecule has 0 unspecified atom stereocenters. The van der Waals surface area contributed by atoms with Gasteiger partial charge in [0.1, 0.15) is 11.5 Å². The molecule has 0 fully saturated rings. The van der Waals surface area contributed by atoms with E-state index in [-0.39, 0.29) is 0 Å². The van der Waals surface area contributed by atoms with Crippen molar-refractivity contribution in [2.75, 3.05) is 11.0 Å². The fourth-order valence-electron chi connectivity index (χ4n) is 3.36. The predicted molar refractivity (Wildman–Crippen MR) is 103 cm³/mol. The Bertz CT molecular complexity index is 1070. The molecule has 1 aromatic carbocycles. The molecule has 3 aromatic heterocycles. The van der Waals surface area contributed by atoms with Crippen LogP contribution in [0.15, 0.2) is 21.2 Å². The molecule has 4 rings (SSSR count). The Balaban J connectivity index is 2.04. The van der Waals surface area contributed by atoms with Gasteiger partial charge in [-0.15, -0.1) is 0 Å². The number of fused-ring (bicyclic) bond motifs is 1. The van der Waals surface area contributed by atoms with Gasteiger partial charge in [-0.3, -0.25) is 0 Å². The van der Waals surface area contributed by atoms with Crippen LogP contribution in [0.5, 0.6) is 0 Å². The van der Waals surface area contributed by atoms with Crippen molar-refractivity contribution in [3.05, 3.63) is 35.0 Å². The summed E-state index contributed by atoms with van der Waals surface area (Å²) in [5.74, 6) is 2.26. The first kappa shape index (κ1) is 16.7. The van der Waals surface area contributed by atoms with E-state index in [1.54, 1.807) is 0 Å². The summed E-state index contributed by atoms with van der Waals surface area (Å²) in [6.07, 6.45) is 1.96. The van der Waals surface area contributed by atoms with Crippen molar-refractivity contribution >= 4 is 28.9 Å². The molecule has 26 heavy (non-hydrogen) atoms. The highest BCUT2D eigenvalue weighted by molar-refractivity contribution is 7.99. The first-order chi connectivity index (χ1) is 12.5. The largest absolute Gasteiger partial charge is 0.361 e.